The van der Waals surface area contributed by atoms with Crippen molar-refractivity contribution in [2.24, 2.45) is 0 Å². The highest BCUT2D eigenvalue weighted by Crippen LogP contribution is 2.26. The van der Waals surface area contributed by atoms with Gasteiger partial charge in [0, 0.05) is 0 Å². The number of nitrogens with two attached hydrogens (primary N) is 1. The summed E-state index contributed by atoms with van der Waals surface area (Å²) in [7, 11) is 0. The normalized spacial score (nSPS) is 9.88. The molecule has 0 atom stereocenters. The van der Waals surface area contributed by atoms with Crippen LogP contribution in [0.5, 0.6) is 0 Å². The predicted octanol–water partition coefficient (Wildman–Crippen LogP) is 3.03. The number of carboxylic acid groups (broad SMARTS) is 1. The van der Waals surface area contributed by atoms with Gasteiger partial charge in [0.05, 0.1) is 11.4 Å². The van der Waals surface area contributed by atoms with Crippen molar-refractivity contribution in [2.45, 2.75) is 0 Å². The van der Waals surface area contributed by atoms with E-state index >= 15 is 0 Å². The van der Waals surface area contributed by atoms with Crippen LogP contribution in [0.15, 0.2) is 48.5 Å². The lowest BCUT2D eigenvalue weighted by molar-refractivity contribution is 0.210. The number of rotatable bonds is 2. The molecule has 2 aromatic rings. The molecule has 0 unspecified atom stereocenters. The highest BCUT2D eigenvalue weighted by molar-refractivity contribution is 5.89. The van der Waals surface area contributed by atoms with E-state index in [1.165, 1.54) is 0 Å². The lowest BCUT2D eigenvalue weighted by atomic mass is 10.0. The highest BCUT2D eigenvalue weighted by Gasteiger charge is 2.05. The zero-order chi connectivity index (χ0) is 12.3. The third-order valence-electron chi connectivity index (χ3n) is 2.40. The van der Waals surface area contributed by atoms with Gasteiger partial charge in [-0.2, -0.15) is 0 Å². The molecule has 4 N–H and O–H groups in total. The van der Waals surface area contributed by atoms with Crippen LogP contribution in [-0.4, -0.2) is 11.2 Å². The first kappa shape index (κ1) is 11.0. The molecule has 0 saturated heterocycles. The Morgan fingerprint density at radius 2 is 1.76 bits per heavy atom. The van der Waals surface area contributed by atoms with Gasteiger partial charge in [-0.1, -0.05) is 36.4 Å². The first-order valence-electron chi connectivity index (χ1n) is 5.12. The van der Waals surface area contributed by atoms with Gasteiger partial charge in [0.15, 0.2) is 0 Å². The summed E-state index contributed by atoms with van der Waals surface area (Å²) in [5.74, 6) is 0. The number of hydrogen-bond acceptors (Lipinski definition) is 2. The Labute approximate surface area is 98.7 Å². The quantitative estimate of drug-likeness (QED) is 0.691. The van der Waals surface area contributed by atoms with Gasteiger partial charge in [0.1, 0.15) is 0 Å². The SMILES string of the molecule is Nc1ccc(-c2ccccc2)cc1NC(=O)O. The van der Waals surface area contributed by atoms with Crippen molar-refractivity contribution in [2.75, 3.05) is 11.1 Å². The topological polar surface area (TPSA) is 75.3 Å². The van der Waals surface area contributed by atoms with Gasteiger partial charge in [-0.25, -0.2) is 4.79 Å². The third-order valence-corrected chi connectivity index (χ3v) is 2.40. The van der Waals surface area contributed by atoms with Crippen LogP contribution in [0.3, 0.4) is 0 Å². The Kier molecular flexibility index (Phi) is 2.96. The Balaban J connectivity index is 2.41. The van der Waals surface area contributed by atoms with E-state index in [9.17, 15) is 4.79 Å². The average Bonchev–Trinajstić information content (AvgIpc) is 2.32. The van der Waals surface area contributed by atoms with Crippen molar-refractivity contribution < 1.29 is 9.90 Å². The Hall–Kier alpha value is -2.49. The van der Waals surface area contributed by atoms with Crippen molar-refractivity contribution in [1.82, 2.24) is 0 Å². The minimum atomic E-state index is -1.12. The molecule has 0 aromatic heterocycles. The van der Waals surface area contributed by atoms with Crippen LogP contribution in [-0.2, 0) is 0 Å². The second-order valence-corrected chi connectivity index (χ2v) is 3.60. The van der Waals surface area contributed by atoms with Gasteiger partial charge in [-0.3, -0.25) is 5.32 Å². The summed E-state index contributed by atoms with van der Waals surface area (Å²) < 4.78 is 0. The largest absolute Gasteiger partial charge is 0.465 e. The minimum absolute atomic E-state index is 0.402. The molecular weight excluding hydrogens is 216 g/mol. The smallest absolute Gasteiger partial charge is 0.409 e. The molecule has 0 fully saturated rings. The second kappa shape index (κ2) is 4.57. The molecule has 17 heavy (non-hydrogen) atoms. The number of anilines is 2. The van der Waals surface area contributed by atoms with E-state index in [2.05, 4.69) is 5.32 Å². The highest BCUT2D eigenvalue weighted by atomic mass is 16.4. The van der Waals surface area contributed by atoms with E-state index in [-0.39, 0.29) is 0 Å². The fourth-order valence-electron chi connectivity index (χ4n) is 1.59. The maximum Gasteiger partial charge on any atom is 0.409 e. The first-order chi connectivity index (χ1) is 8.16. The number of benzene rings is 2. The van der Waals surface area contributed by atoms with Crippen LogP contribution in [0.1, 0.15) is 0 Å². The van der Waals surface area contributed by atoms with Gasteiger partial charge in [-0.05, 0) is 23.3 Å². The predicted molar refractivity (Wildman–Crippen MR) is 67.9 cm³/mol. The van der Waals surface area contributed by atoms with E-state index in [0.717, 1.165) is 11.1 Å². The standard InChI is InChI=1S/C13H12N2O2/c14-11-7-6-10(8-12(11)15-13(16)17)9-4-2-1-3-5-9/h1-8,15H,14H2,(H,16,17). The molecule has 0 radical (unpaired) electrons. The van der Waals surface area contributed by atoms with Gasteiger partial charge in [0.2, 0.25) is 0 Å². The lowest BCUT2D eigenvalue weighted by Gasteiger charge is -2.08. The molecule has 0 bridgehead atoms. The van der Waals surface area contributed by atoms with Gasteiger partial charge < -0.3 is 10.8 Å². The molecule has 0 aliphatic rings. The van der Waals surface area contributed by atoms with Crippen LogP contribution < -0.4 is 11.1 Å². The maximum absolute atomic E-state index is 10.6. The summed E-state index contributed by atoms with van der Waals surface area (Å²) in [6.07, 6.45) is -1.12. The monoisotopic (exact) mass is 228 g/mol. The van der Waals surface area contributed by atoms with Crippen molar-refractivity contribution in [3.05, 3.63) is 48.5 Å². The molecule has 2 rings (SSSR count). The Morgan fingerprint density at radius 1 is 1.06 bits per heavy atom. The van der Waals surface area contributed by atoms with Crippen LogP contribution in [0.25, 0.3) is 11.1 Å². The Morgan fingerprint density at radius 3 is 2.41 bits per heavy atom. The second-order valence-electron chi connectivity index (χ2n) is 3.60. The third kappa shape index (κ3) is 2.55. The summed E-state index contributed by atoms with van der Waals surface area (Å²) in [5.41, 5.74) is 8.44. The van der Waals surface area contributed by atoms with Gasteiger partial charge in [-0.15, -0.1) is 0 Å². The zero-order valence-electron chi connectivity index (χ0n) is 9.05. The van der Waals surface area contributed by atoms with Crippen molar-refractivity contribution in [1.29, 1.82) is 0 Å². The molecule has 86 valence electrons. The molecule has 0 spiro atoms. The molecule has 0 aliphatic heterocycles. The van der Waals surface area contributed by atoms with Gasteiger partial charge >= 0.3 is 6.09 Å². The zero-order valence-corrected chi connectivity index (χ0v) is 9.05. The van der Waals surface area contributed by atoms with Crippen LogP contribution in [0, 0.1) is 0 Å². The lowest BCUT2D eigenvalue weighted by Crippen LogP contribution is -2.09. The summed E-state index contributed by atoms with van der Waals surface area (Å²) in [5, 5.41) is 11.0. The van der Waals surface area contributed by atoms with E-state index in [1.807, 2.05) is 36.4 Å². The van der Waals surface area contributed by atoms with E-state index in [4.69, 9.17) is 10.8 Å². The van der Waals surface area contributed by atoms with Crippen LogP contribution in [0.2, 0.25) is 0 Å². The number of hydrogen-bond donors (Lipinski definition) is 3. The molecule has 0 aliphatic carbocycles. The maximum atomic E-state index is 10.6. The number of nitrogens with one attached hydrogen (secondary N) is 1. The summed E-state index contributed by atoms with van der Waals surface area (Å²) in [4.78, 5) is 10.6. The molecule has 0 heterocycles. The summed E-state index contributed by atoms with van der Waals surface area (Å²) >= 11 is 0. The molecule has 4 heteroatoms. The van der Waals surface area contributed by atoms with E-state index in [1.54, 1.807) is 12.1 Å². The Bertz CT molecular complexity index is 538. The summed E-state index contributed by atoms with van der Waals surface area (Å²) in [6, 6.07) is 15.0. The molecule has 4 nitrogen and oxygen atoms in total. The number of carbonyl (C=O) groups is 1. The van der Waals surface area contributed by atoms with Crippen molar-refractivity contribution in [3.63, 3.8) is 0 Å². The summed E-state index contributed by atoms with van der Waals surface area (Å²) in [6.45, 7) is 0. The van der Waals surface area contributed by atoms with E-state index in [0.29, 0.717) is 11.4 Å². The number of nitrogen functional groups attached to an aromatic ring is 1. The average molecular weight is 228 g/mol. The molecule has 0 saturated carbocycles. The van der Waals surface area contributed by atoms with Crippen LogP contribution in [0.4, 0.5) is 16.2 Å². The van der Waals surface area contributed by atoms with Crippen molar-refractivity contribution >= 4 is 17.5 Å². The minimum Gasteiger partial charge on any atom is -0.465 e. The fraction of sp³-hybridized carbons (Fsp3) is 0. The first-order valence-corrected chi connectivity index (χ1v) is 5.12. The molecule has 2 aromatic carbocycles. The van der Waals surface area contributed by atoms with Crippen LogP contribution >= 0.6 is 0 Å². The molecule has 1 amide bonds. The number of amides is 1. The fourth-order valence-corrected chi connectivity index (χ4v) is 1.59. The van der Waals surface area contributed by atoms with E-state index < -0.39 is 6.09 Å². The van der Waals surface area contributed by atoms with Gasteiger partial charge in [0.25, 0.3) is 0 Å². The molecular formula is C13H12N2O2. The van der Waals surface area contributed by atoms with Crippen molar-refractivity contribution in [3.8, 4) is 11.1 Å².